The van der Waals surface area contributed by atoms with E-state index in [0.29, 0.717) is 19.0 Å². The van der Waals surface area contributed by atoms with Crippen molar-refractivity contribution in [1.29, 1.82) is 0 Å². The average molecular weight is 271 g/mol. The third-order valence-electron chi connectivity index (χ3n) is 2.89. The molecule has 0 aromatic carbocycles. The quantitative estimate of drug-likeness (QED) is 0.825. The Bertz CT molecular complexity index is 481. The second-order valence-corrected chi connectivity index (χ2v) is 6.12. The van der Waals surface area contributed by atoms with Crippen molar-refractivity contribution in [3.05, 3.63) is 18.3 Å². The van der Waals surface area contributed by atoms with Crippen LogP contribution in [0.15, 0.2) is 23.2 Å². The molecule has 2 rings (SSSR count). The number of anilines is 1. The Kier molecular flexibility index (Phi) is 4.15. The van der Waals surface area contributed by atoms with Crippen LogP contribution in [0.3, 0.4) is 0 Å². The van der Waals surface area contributed by atoms with E-state index in [1.165, 1.54) is 18.3 Å². The van der Waals surface area contributed by atoms with E-state index in [-0.39, 0.29) is 10.8 Å². The average Bonchev–Trinajstić information content (AvgIpc) is 2.38. The van der Waals surface area contributed by atoms with Crippen molar-refractivity contribution in [2.45, 2.75) is 17.7 Å². The van der Waals surface area contributed by atoms with Crippen LogP contribution in [0.4, 0.5) is 5.82 Å². The minimum absolute atomic E-state index is 0.133. The highest BCUT2D eigenvalue weighted by molar-refractivity contribution is 7.89. The minimum atomic E-state index is -3.50. The summed E-state index contributed by atoms with van der Waals surface area (Å²) in [6, 6.07) is 2.92. The molecular formula is C11H17N3O3S. The normalized spacial score (nSPS) is 20.8. The predicted molar refractivity (Wildman–Crippen MR) is 67.4 cm³/mol. The van der Waals surface area contributed by atoms with Crippen molar-refractivity contribution in [2.75, 3.05) is 25.5 Å². The van der Waals surface area contributed by atoms with Crippen molar-refractivity contribution in [3.8, 4) is 0 Å². The van der Waals surface area contributed by atoms with Crippen molar-refractivity contribution in [2.24, 2.45) is 5.92 Å². The maximum absolute atomic E-state index is 12.0. The Morgan fingerprint density at radius 1 is 1.50 bits per heavy atom. The minimum Gasteiger partial charge on any atom is -0.384 e. The van der Waals surface area contributed by atoms with Crippen LogP contribution in [0, 0.1) is 5.92 Å². The lowest BCUT2D eigenvalue weighted by Crippen LogP contribution is -2.33. The Hall–Kier alpha value is -1.18. The van der Waals surface area contributed by atoms with E-state index < -0.39 is 10.0 Å². The molecular weight excluding hydrogens is 254 g/mol. The molecule has 1 aliphatic heterocycles. The Labute approximate surface area is 107 Å². The third kappa shape index (κ3) is 3.41. The van der Waals surface area contributed by atoms with Crippen LogP contribution in [0.25, 0.3) is 0 Å². The number of rotatable bonds is 4. The zero-order valence-electron chi connectivity index (χ0n) is 10.0. The number of nitrogens with one attached hydrogen (secondary N) is 1. The Morgan fingerprint density at radius 3 is 2.94 bits per heavy atom. The van der Waals surface area contributed by atoms with Crippen LogP contribution in [0.5, 0.6) is 0 Å². The summed E-state index contributed by atoms with van der Waals surface area (Å²) >= 11 is 0. The molecule has 7 heteroatoms. The molecule has 0 amide bonds. The number of nitrogens with zero attached hydrogens (tertiary/aromatic N) is 1. The summed E-state index contributed by atoms with van der Waals surface area (Å²) in [4.78, 5) is 3.91. The molecule has 1 aromatic rings. The van der Waals surface area contributed by atoms with Gasteiger partial charge in [0.05, 0.1) is 6.61 Å². The fourth-order valence-corrected chi connectivity index (χ4v) is 2.89. The topological polar surface area (TPSA) is 94.3 Å². The highest BCUT2D eigenvalue weighted by Crippen LogP contribution is 2.14. The van der Waals surface area contributed by atoms with Gasteiger partial charge in [-0.15, -0.1) is 0 Å². The van der Waals surface area contributed by atoms with E-state index >= 15 is 0 Å². The summed E-state index contributed by atoms with van der Waals surface area (Å²) < 4.78 is 31.8. The second kappa shape index (κ2) is 5.64. The summed E-state index contributed by atoms with van der Waals surface area (Å²) in [6.07, 6.45) is 3.23. The SMILES string of the molecule is Nc1ccc(S(=O)(=O)NCC2CCCOC2)cn1. The molecule has 18 heavy (non-hydrogen) atoms. The van der Waals surface area contributed by atoms with E-state index in [4.69, 9.17) is 10.5 Å². The van der Waals surface area contributed by atoms with Crippen molar-refractivity contribution in [1.82, 2.24) is 9.71 Å². The van der Waals surface area contributed by atoms with Gasteiger partial charge in [0.2, 0.25) is 10.0 Å². The number of aromatic nitrogens is 1. The van der Waals surface area contributed by atoms with Gasteiger partial charge in [0, 0.05) is 19.3 Å². The van der Waals surface area contributed by atoms with Gasteiger partial charge in [-0.05, 0) is 30.9 Å². The number of ether oxygens (including phenoxy) is 1. The molecule has 1 fully saturated rings. The molecule has 0 radical (unpaired) electrons. The molecule has 1 unspecified atom stereocenters. The van der Waals surface area contributed by atoms with Crippen LogP contribution < -0.4 is 10.5 Å². The fraction of sp³-hybridized carbons (Fsp3) is 0.545. The summed E-state index contributed by atoms with van der Waals surface area (Å²) in [5.74, 6) is 0.546. The first kappa shape index (κ1) is 13.3. The number of sulfonamides is 1. The second-order valence-electron chi connectivity index (χ2n) is 4.35. The van der Waals surface area contributed by atoms with Crippen LogP contribution in [-0.2, 0) is 14.8 Å². The first-order valence-electron chi connectivity index (χ1n) is 5.87. The third-order valence-corrected chi connectivity index (χ3v) is 4.29. The maximum atomic E-state index is 12.0. The number of hydrogen-bond donors (Lipinski definition) is 2. The van der Waals surface area contributed by atoms with E-state index in [1.54, 1.807) is 0 Å². The van der Waals surface area contributed by atoms with Gasteiger partial charge in [-0.25, -0.2) is 18.1 Å². The highest BCUT2D eigenvalue weighted by atomic mass is 32.2. The van der Waals surface area contributed by atoms with Crippen molar-refractivity contribution < 1.29 is 13.2 Å². The first-order chi connectivity index (χ1) is 8.58. The van der Waals surface area contributed by atoms with Crippen LogP contribution >= 0.6 is 0 Å². The van der Waals surface area contributed by atoms with Crippen molar-refractivity contribution >= 4 is 15.8 Å². The lowest BCUT2D eigenvalue weighted by molar-refractivity contribution is 0.0568. The van der Waals surface area contributed by atoms with Gasteiger partial charge in [0.15, 0.2) is 0 Å². The Morgan fingerprint density at radius 2 is 2.33 bits per heavy atom. The van der Waals surface area contributed by atoms with Crippen LogP contribution in [0.2, 0.25) is 0 Å². The van der Waals surface area contributed by atoms with Gasteiger partial charge in [0.25, 0.3) is 0 Å². The number of hydrogen-bond acceptors (Lipinski definition) is 5. The van der Waals surface area contributed by atoms with E-state index in [9.17, 15) is 8.42 Å². The maximum Gasteiger partial charge on any atom is 0.242 e. The molecule has 6 nitrogen and oxygen atoms in total. The summed E-state index contributed by atoms with van der Waals surface area (Å²) in [5.41, 5.74) is 5.42. The van der Waals surface area contributed by atoms with Gasteiger partial charge >= 0.3 is 0 Å². The summed E-state index contributed by atoms with van der Waals surface area (Å²) in [7, 11) is -3.50. The molecule has 0 saturated carbocycles. The molecule has 100 valence electrons. The smallest absolute Gasteiger partial charge is 0.242 e. The number of pyridine rings is 1. The molecule has 1 atom stereocenters. The first-order valence-corrected chi connectivity index (χ1v) is 7.35. The van der Waals surface area contributed by atoms with Crippen LogP contribution in [0.1, 0.15) is 12.8 Å². The van der Waals surface area contributed by atoms with E-state index in [0.717, 1.165) is 19.4 Å². The monoisotopic (exact) mass is 271 g/mol. The van der Waals surface area contributed by atoms with E-state index in [2.05, 4.69) is 9.71 Å². The van der Waals surface area contributed by atoms with Gasteiger partial charge in [-0.2, -0.15) is 0 Å². The molecule has 0 bridgehead atoms. The molecule has 1 saturated heterocycles. The lowest BCUT2D eigenvalue weighted by Gasteiger charge is -2.22. The fourth-order valence-electron chi connectivity index (χ4n) is 1.83. The molecule has 0 spiro atoms. The molecule has 0 aliphatic carbocycles. The molecule has 1 aliphatic rings. The molecule has 1 aromatic heterocycles. The number of nitrogens with two attached hydrogens (primary N) is 1. The summed E-state index contributed by atoms with van der Waals surface area (Å²) in [6.45, 7) is 1.78. The standard InChI is InChI=1S/C11H17N3O3S/c12-11-4-3-10(7-13-11)18(15,16)14-6-9-2-1-5-17-8-9/h3-4,7,9,14H,1-2,5-6,8H2,(H2,12,13). The van der Waals surface area contributed by atoms with Gasteiger partial charge in [0.1, 0.15) is 10.7 Å². The van der Waals surface area contributed by atoms with Crippen LogP contribution in [-0.4, -0.2) is 33.2 Å². The van der Waals surface area contributed by atoms with Gasteiger partial charge in [-0.1, -0.05) is 0 Å². The number of nitrogen functional groups attached to an aromatic ring is 1. The molecule has 3 N–H and O–H groups in total. The zero-order valence-corrected chi connectivity index (χ0v) is 10.8. The van der Waals surface area contributed by atoms with E-state index in [1.807, 2.05) is 0 Å². The van der Waals surface area contributed by atoms with Gasteiger partial charge < -0.3 is 10.5 Å². The molecule has 2 heterocycles. The lowest BCUT2D eigenvalue weighted by atomic mass is 10.0. The zero-order chi connectivity index (χ0) is 13.0. The van der Waals surface area contributed by atoms with Crippen molar-refractivity contribution in [3.63, 3.8) is 0 Å². The highest BCUT2D eigenvalue weighted by Gasteiger charge is 2.19. The largest absolute Gasteiger partial charge is 0.384 e. The summed E-state index contributed by atoms with van der Waals surface area (Å²) in [5, 5.41) is 0. The van der Waals surface area contributed by atoms with Gasteiger partial charge in [-0.3, -0.25) is 0 Å². The predicted octanol–water partition coefficient (Wildman–Crippen LogP) is 0.369. The Balaban J connectivity index is 1.96.